The molecule has 0 unspecified atom stereocenters. The van der Waals surface area contributed by atoms with Crippen molar-refractivity contribution in [3.05, 3.63) is 70.0 Å². The molecule has 2 aromatic carbocycles. The number of nitrogens with zero attached hydrogens (tertiary/aromatic N) is 2. The molecule has 0 atom stereocenters. The maximum atomic E-state index is 13.2. The molecule has 1 heterocycles. The van der Waals surface area contributed by atoms with E-state index in [1.807, 2.05) is 18.2 Å². The van der Waals surface area contributed by atoms with Crippen LogP contribution in [0.25, 0.3) is 22.9 Å². The van der Waals surface area contributed by atoms with Crippen LogP contribution in [0.15, 0.2) is 53.9 Å². The van der Waals surface area contributed by atoms with E-state index in [1.165, 1.54) is 35.6 Å². The third kappa shape index (κ3) is 4.18. The quantitative estimate of drug-likeness (QED) is 0.524. The van der Waals surface area contributed by atoms with E-state index < -0.39 is 11.7 Å². The summed E-state index contributed by atoms with van der Waals surface area (Å²) in [5.74, 6) is 0.664. The molecular weight excluding hydrogens is 373 g/mol. The lowest BCUT2D eigenvalue weighted by Gasteiger charge is -2.09. The number of halogens is 3. The first kappa shape index (κ1) is 18.7. The number of nitriles is 1. The Hall–Kier alpha value is -3.11. The molecule has 3 nitrogen and oxygen atoms in total. The Morgan fingerprint density at radius 1 is 1.19 bits per heavy atom. The molecule has 0 bridgehead atoms. The minimum Gasteiger partial charge on any atom is -0.497 e. The van der Waals surface area contributed by atoms with Gasteiger partial charge in [-0.05, 0) is 29.8 Å². The molecule has 0 aliphatic rings. The van der Waals surface area contributed by atoms with Gasteiger partial charge in [0.1, 0.15) is 16.8 Å². The predicted molar refractivity (Wildman–Crippen MR) is 99.0 cm³/mol. The Bertz CT molecular complexity index is 1030. The maximum absolute atomic E-state index is 13.2. The van der Waals surface area contributed by atoms with Crippen molar-refractivity contribution >= 4 is 23.0 Å². The number of allylic oxidation sites excluding steroid dienone is 1. The van der Waals surface area contributed by atoms with E-state index in [0.717, 1.165) is 11.6 Å². The molecule has 0 amide bonds. The fourth-order valence-corrected chi connectivity index (χ4v) is 3.29. The fraction of sp³-hybridized carbons (Fsp3) is 0.100. The standard InChI is InChI=1S/C20H13F3N2OS/c1-26-16-7-4-6-14(10-16)18-12-27-19(25-18)15(11-24)9-13-5-2-3-8-17(13)20(21,22)23/h2-10,12H,1H3. The van der Waals surface area contributed by atoms with Gasteiger partial charge in [0, 0.05) is 10.9 Å². The van der Waals surface area contributed by atoms with Crippen LogP contribution in [0.1, 0.15) is 16.1 Å². The van der Waals surface area contributed by atoms with Gasteiger partial charge < -0.3 is 4.74 Å². The zero-order chi connectivity index (χ0) is 19.4. The second kappa shape index (κ2) is 7.64. The van der Waals surface area contributed by atoms with Gasteiger partial charge in [-0.1, -0.05) is 30.3 Å². The van der Waals surface area contributed by atoms with E-state index in [9.17, 15) is 18.4 Å². The molecule has 7 heteroatoms. The van der Waals surface area contributed by atoms with Crippen LogP contribution in [0.3, 0.4) is 0 Å². The average Bonchev–Trinajstić information content (AvgIpc) is 3.15. The molecule has 0 N–H and O–H groups in total. The molecule has 0 saturated heterocycles. The lowest BCUT2D eigenvalue weighted by atomic mass is 10.0. The normalized spacial score (nSPS) is 11.9. The minimum atomic E-state index is -4.50. The number of methoxy groups -OCH3 is 1. The molecule has 0 fully saturated rings. The van der Waals surface area contributed by atoms with E-state index in [-0.39, 0.29) is 11.1 Å². The summed E-state index contributed by atoms with van der Waals surface area (Å²) in [7, 11) is 1.56. The summed E-state index contributed by atoms with van der Waals surface area (Å²) in [5, 5.41) is 11.6. The van der Waals surface area contributed by atoms with Crippen molar-refractivity contribution in [1.29, 1.82) is 5.26 Å². The average molecular weight is 386 g/mol. The maximum Gasteiger partial charge on any atom is 0.416 e. The van der Waals surface area contributed by atoms with Gasteiger partial charge >= 0.3 is 6.18 Å². The van der Waals surface area contributed by atoms with E-state index in [2.05, 4.69) is 4.98 Å². The summed E-state index contributed by atoms with van der Waals surface area (Å²) >= 11 is 1.20. The molecule has 0 aliphatic heterocycles. The Kier molecular flexibility index (Phi) is 5.28. The summed E-state index contributed by atoms with van der Waals surface area (Å²) < 4.78 is 44.7. The second-order valence-corrected chi connectivity index (χ2v) is 6.38. The molecule has 0 radical (unpaired) electrons. The smallest absolute Gasteiger partial charge is 0.416 e. The van der Waals surface area contributed by atoms with Crippen LogP contribution in [0.5, 0.6) is 5.75 Å². The van der Waals surface area contributed by atoms with Crippen LogP contribution in [-0.2, 0) is 6.18 Å². The fourth-order valence-electron chi connectivity index (χ4n) is 2.49. The van der Waals surface area contributed by atoms with Gasteiger partial charge in [-0.25, -0.2) is 4.98 Å². The van der Waals surface area contributed by atoms with Gasteiger partial charge in [0.15, 0.2) is 0 Å². The van der Waals surface area contributed by atoms with Crippen LogP contribution in [0, 0.1) is 11.3 Å². The topological polar surface area (TPSA) is 45.9 Å². The highest BCUT2D eigenvalue weighted by atomic mass is 32.1. The Labute approximate surface area is 158 Å². The Morgan fingerprint density at radius 2 is 1.96 bits per heavy atom. The molecule has 27 heavy (non-hydrogen) atoms. The van der Waals surface area contributed by atoms with Crippen molar-refractivity contribution in [2.45, 2.75) is 6.18 Å². The second-order valence-electron chi connectivity index (χ2n) is 5.52. The van der Waals surface area contributed by atoms with Crippen LogP contribution >= 0.6 is 11.3 Å². The molecule has 0 spiro atoms. The van der Waals surface area contributed by atoms with Crippen molar-refractivity contribution in [2.24, 2.45) is 0 Å². The first-order valence-corrected chi connectivity index (χ1v) is 8.68. The predicted octanol–water partition coefficient (Wildman–Crippen LogP) is 5.90. The van der Waals surface area contributed by atoms with E-state index in [4.69, 9.17) is 4.74 Å². The molecule has 1 aromatic heterocycles. The molecule has 3 rings (SSSR count). The van der Waals surface area contributed by atoms with Crippen LogP contribution < -0.4 is 4.74 Å². The monoisotopic (exact) mass is 386 g/mol. The van der Waals surface area contributed by atoms with Gasteiger partial charge in [-0.3, -0.25) is 0 Å². The summed E-state index contributed by atoms with van der Waals surface area (Å²) in [4.78, 5) is 4.41. The largest absolute Gasteiger partial charge is 0.497 e. The summed E-state index contributed by atoms with van der Waals surface area (Å²) in [6, 6.07) is 14.3. The highest BCUT2D eigenvalue weighted by molar-refractivity contribution is 7.11. The SMILES string of the molecule is COc1cccc(-c2csc(C(C#N)=Cc3ccccc3C(F)(F)F)n2)c1. The lowest BCUT2D eigenvalue weighted by Crippen LogP contribution is -2.07. The zero-order valence-corrected chi connectivity index (χ0v) is 14.9. The molecule has 0 aliphatic carbocycles. The number of hydrogen-bond donors (Lipinski definition) is 0. The van der Waals surface area contributed by atoms with Crippen LogP contribution in [-0.4, -0.2) is 12.1 Å². The summed E-state index contributed by atoms with van der Waals surface area (Å²) in [6.07, 6.45) is -3.28. The Morgan fingerprint density at radius 3 is 2.67 bits per heavy atom. The van der Waals surface area contributed by atoms with Gasteiger partial charge in [-0.2, -0.15) is 18.4 Å². The van der Waals surface area contributed by atoms with Crippen molar-refractivity contribution in [2.75, 3.05) is 7.11 Å². The van der Waals surface area contributed by atoms with E-state index in [0.29, 0.717) is 16.5 Å². The molecule has 3 aromatic rings. The van der Waals surface area contributed by atoms with Crippen molar-refractivity contribution in [3.8, 4) is 23.1 Å². The number of thiazole rings is 1. The van der Waals surface area contributed by atoms with Crippen molar-refractivity contribution in [1.82, 2.24) is 4.98 Å². The van der Waals surface area contributed by atoms with Gasteiger partial charge in [0.05, 0.1) is 23.9 Å². The molecule has 0 saturated carbocycles. The first-order valence-electron chi connectivity index (χ1n) is 7.80. The van der Waals surface area contributed by atoms with Crippen LogP contribution in [0.4, 0.5) is 13.2 Å². The number of alkyl halides is 3. The third-order valence-electron chi connectivity index (χ3n) is 3.79. The molecular formula is C20H13F3N2OS. The van der Waals surface area contributed by atoms with Crippen LogP contribution in [0.2, 0.25) is 0 Å². The number of rotatable bonds is 4. The van der Waals surface area contributed by atoms with E-state index in [1.54, 1.807) is 24.6 Å². The molecule has 136 valence electrons. The van der Waals surface area contributed by atoms with Crippen molar-refractivity contribution < 1.29 is 17.9 Å². The number of ether oxygens (including phenoxy) is 1. The van der Waals surface area contributed by atoms with E-state index >= 15 is 0 Å². The highest BCUT2D eigenvalue weighted by Gasteiger charge is 2.32. The zero-order valence-electron chi connectivity index (χ0n) is 14.1. The van der Waals surface area contributed by atoms with Crippen molar-refractivity contribution in [3.63, 3.8) is 0 Å². The minimum absolute atomic E-state index is 0.0697. The summed E-state index contributed by atoms with van der Waals surface area (Å²) in [5.41, 5.74) is 0.636. The van der Waals surface area contributed by atoms with Gasteiger partial charge in [0.25, 0.3) is 0 Å². The number of benzene rings is 2. The van der Waals surface area contributed by atoms with Gasteiger partial charge in [0.2, 0.25) is 0 Å². The third-order valence-corrected chi connectivity index (χ3v) is 4.66. The summed E-state index contributed by atoms with van der Waals surface area (Å²) in [6.45, 7) is 0. The first-order chi connectivity index (χ1) is 12.9. The lowest BCUT2D eigenvalue weighted by molar-refractivity contribution is -0.137. The number of aromatic nitrogens is 1. The number of hydrogen-bond acceptors (Lipinski definition) is 4. The Balaban J connectivity index is 2.00. The highest BCUT2D eigenvalue weighted by Crippen LogP contribution is 2.34. The van der Waals surface area contributed by atoms with Gasteiger partial charge in [-0.15, -0.1) is 11.3 Å².